The zero-order valence-electron chi connectivity index (χ0n) is 14.4. The van der Waals surface area contributed by atoms with E-state index >= 15 is 0 Å². The van der Waals surface area contributed by atoms with Gasteiger partial charge in [-0.3, -0.25) is 4.79 Å². The normalized spacial score (nSPS) is 12.4. The van der Waals surface area contributed by atoms with Crippen molar-refractivity contribution in [1.82, 2.24) is 4.98 Å². The number of nitrogens with zero attached hydrogens (tertiary/aromatic N) is 1. The molecule has 1 aromatic carbocycles. The zero-order chi connectivity index (χ0) is 17.3. The summed E-state index contributed by atoms with van der Waals surface area (Å²) in [5, 5.41) is 3.31. The smallest absolute Gasteiger partial charge is 0.330 e. The molecule has 0 bridgehead atoms. The fourth-order valence-corrected chi connectivity index (χ4v) is 2.78. The van der Waals surface area contributed by atoms with Gasteiger partial charge in [-0.25, -0.2) is 4.98 Å². The molecule has 1 heterocycles. The van der Waals surface area contributed by atoms with Crippen LogP contribution in [0.2, 0.25) is 0 Å². The van der Waals surface area contributed by atoms with Crippen molar-refractivity contribution in [2.24, 2.45) is 0 Å². The second-order valence-corrected chi connectivity index (χ2v) is 7.42. The number of anilines is 1. The van der Waals surface area contributed by atoms with Crippen LogP contribution in [0.4, 0.5) is 5.13 Å². The Labute approximate surface area is 141 Å². The predicted molar refractivity (Wildman–Crippen MR) is 95.6 cm³/mol. The molecule has 0 aliphatic rings. The number of benzene rings is 1. The van der Waals surface area contributed by atoms with E-state index in [0.717, 1.165) is 15.7 Å². The van der Waals surface area contributed by atoms with E-state index in [4.69, 9.17) is 9.39 Å². The van der Waals surface area contributed by atoms with E-state index < -0.39 is 11.2 Å². The molecule has 0 fully saturated rings. The van der Waals surface area contributed by atoms with E-state index in [-0.39, 0.29) is 5.91 Å². The Hall–Kier alpha value is -1.44. The van der Waals surface area contributed by atoms with Crippen LogP contribution in [-0.4, -0.2) is 36.7 Å². The van der Waals surface area contributed by atoms with Gasteiger partial charge in [-0.2, -0.15) is 0 Å². The Morgan fingerprint density at radius 2 is 1.96 bits per heavy atom. The van der Waals surface area contributed by atoms with E-state index in [1.165, 1.54) is 18.3 Å². The van der Waals surface area contributed by atoms with Crippen molar-refractivity contribution in [3.8, 4) is 0 Å². The van der Waals surface area contributed by atoms with Gasteiger partial charge in [-0.05, 0) is 39.8 Å². The Morgan fingerprint density at radius 3 is 2.57 bits per heavy atom. The fourth-order valence-electron chi connectivity index (χ4n) is 1.82. The molecule has 1 N–H and O–H groups in total. The molecule has 2 aromatic rings. The third-order valence-corrected chi connectivity index (χ3v) is 5.08. The maximum absolute atomic E-state index is 11.1. The van der Waals surface area contributed by atoms with Gasteiger partial charge in [-0.15, -0.1) is 0 Å². The fraction of sp³-hybridized carbons (Fsp3) is 0.500. The summed E-state index contributed by atoms with van der Waals surface area (Å²) in [5.41, 5.74) is 0.894. The van der Waals surface area contributed by atoms with E-state index in [1.807, 2.05) is 45.9 Å². The number of ether oxygens (including phenoxy) is 1. The number of hydrogen-bond acceptors (Lipinski definition) is 5. The summed E-state index contributed by atoms with van der Waals surface area (Å²) in [6.45, 7) is 9.44. The number of nitrogens with one attached hydrogen (secondary N) is 1. The molecule has 123 valence electrons. The van der Waals surface area contributed by atoms with Crippen LogP contribution in [0.25, 0.3) is 10.2 Å². The minimum absolute atomic E-state index is 0.122. The lowest BCUT2D eigenvalue weighted by molar-refractivity contribution is -0.114. The lowest BCUT2D eigenvalue weighted by atomic mass is 9.82. The molecule has 0 saturated carbocycles. The standard InChI is InChI=1S/C16H22BN2O3S/c1-10(20)18-14-19-12-8-7-11(9-13(12)23-14)17-22-16(4,5)15(2,3)21-6/h7-9H,1-6H3,(H,18,19,20). The summed E-state index contributed by atoms with van der Waals surface area (Å²) in [6, 6.07) is 5.85. The van der Waals surface area contributed by atoms with Crippen LogP contribution in [0, 0.1) is 0 Å². The lowest BCUT2D eigenvalue weighted by Gasteiger charge is -2.40. The second kappa shape index (κ2) is 6.59. The third-order valence-electron chi connectivity index (χ3n) is 4.15. The first-order chi connectivity index (χ1) is 10.6. The summed E-state index contributed by atoms with van der Waals surface area (Å²) in [5.74, 6) is -0.122. The SMILES string of the molecule is COC(C)(C)C(C)(C)O[B]c1ccc2nc(NC(C)=O)sc2c1. The molecule has 0 atom stereocenters. The number of carbonyl (C=O) groups excluding carboxylic acids is 1. The van der Waals surface area contributed by atoms with Crippen molar-refractivity contribution in [2.45, 2.75) is 45.8 Å². The minimum atomic E-state index is -0.480. The monoisotopic (exact) mass is 333 g/mol. The van der Waals surface area contributed by atoms with Crippen LogP contribution in [-0.2, 0) is 14.2 Å². The second-order valence-electron chi connectivity index (χ2n) is 6.39. The number of thiazole rings is 1. The molecule has 0 unspecified atom stereocenters. The molecule has 0 aliphatic carbocycles. The predicted octanol–water partition coefficient (Wildman–Crippen LogP) is 2.72. The van der Waals surface area contributed by atoms with Crippen molar-refractivity contribution >= 4 is 45.5 Å². The molecule has 7 heteroatoms. The van der Waals surface area contributed by atoms with Gasteiger partial charge in [0.2, 0.25) is 5.91 Å². The highest BCUT2D eigenvalue weighted by Crippen LogP contribution is 2.28. The van der Waals surface area contributed by atoms with Crippen LogP contribution < -0.4 is 10.8 Å². The van der Waals surface area contributed by atoms with Crippen LogP contribution in [0.5, 0.6) is 0 Å². The molecule has 23 heavy (non-hydrogen) atoms. The van der Waals surface area contributed by atoms with Gasteiger partial charge >= 0.3 is 7.48 Å². The molecule has 1 aromatic heterocycles. The summed E-state index contributed by atoms with van der Waals surface area (Å²) < 4.78 is 12.5. The molecule has 1 amide bonds. The van der Waals surface area contributed by atoms with Crippen LogP contribution in [0.3, 0.4) is 0 Å². The molecule has 0 aliphatic heterocycles. The summed E-state index contributed by atoms with van der Waals surface area (Å²) >= 11 is 1.44. The number of hydrogen-bond donors (Lipinski definition) is 1. The first-order valence-corrected chi connectivity index (χ1v) is 8.20. The molecule has 5 nitrogen and oxygen atoms in total. The van der Waals surface area contributed by atoms with Crippen LogP contribution in [0.1, 0.15) is 34.6 Å². The van der Waals surface area contributed by atoms with Crippen molar-refractivity contribution in [3.05, 3.63) is 18.2 Å². The largest absolute Gasteiger partial charge is 0.427 e. The van der Waals surface area contributed by atoms with Gasteiger partial charge < -0.3 is 14.7 Å². The Kier molecular flexibility index (Phi) is 5.13. The summed E-state index contributed by atoms with van der Waals surface area (Å²) in [6.07, 6.45) is 0. The number of carbonyl (C=O) groups is 1. The van der Waals surface area contributed by atoms with Crippen molar-refractivity contribution < 1.29 is 14.2 Å². The molecular formula is C16H22BN2O3S. The first-order valence-electron chi connectivity index (χ1n) is 7.39. The van der Waals surface area contributed by atoms with E-state index in [0.29, 0.717) is 5.13 Å². The van der Waals surface area contributed by atoms with Crippen molar-refractivity contribution in [1.29, 1.82) is 0 Å². The van der Waals surface area contributed by atoms with Crippen LogP contribution in [0.15, 0.2) is 18.2 Å². The Morgan fingerprint density at radius 1 is 1.26 bits per heavy atom. The van der Waals surface area contributed by atoms with Crippen molar-refractivity contribution in [2.75, 3.05) is 12.4 Å². The quantitative estimate of drug-likeness (QED) is 0.826. The molecule has 0 spiro atoms. The highest BCUT2D eigenvalue weighted by molar-refractivity contribution is 7.22. The molecule has 0 saturated heterocycles. The average Bonchev–Trinajstić information content (AvgIpc) is 2.85. The van der Waals surface area contributed by atoms with Gasteiger partial charge in [0.1, 0.15) is 0 Å². The van der Waals surface area contributed by atoms with Crippen molar-refractivity contribution in [3.63, 3.8) is 0 Å². The number of amides is 1. The Balaban J connectivity index is 2.13. The van der Waals surface area contributed by atoms with E-state index in [2.05, 4.69) is 10.3 Å². The number of aromatic nitrogens is 1. The van der Waals surface area contributed by atoms with E-state index in [1.54, 1.807) is 14.6 Å². The highest BCUT2D eigenvalue weighted by Gasteiger charge is 2.37. The molecular weight excluding hydrogens is 311 g/mol. The number of rotatable bonds is 6. The molecule has 1 radical (unpaired) electrons. The van der Waals surface area contributed by atoms with Gasteiger partial charge in [0.05, 0.1) is 21.4 Å². The van der Waals surface area contributed by atoms with Gasteiger partial charge in [0, 0.05) is 14.0 Å². The van der Waals surface area contributed by atoms with E-state index in [9.17, 15) is 4.79 Å². The van der Waals surface area contributed by atoms with Gasteiger partial charge in [0.25, 0.3) is 0 Å². The molecule has 2 rings (SSSR count). The van der Waals surface area contributed by atoms with Crippen LogP contribution >= 0.6 is 11.3 Å². The van der Waals surface area contributed by atoms with Gasteiger partial charge in [0.15, 0.2) is 5.13 Å². The number of fused-ring (bicyclic) bond motifs is 1. The summed E-state index contributed by atoms with van der Waals surface area (Å²) in [7, 11) is 3.41. The lowest BCUT2D eigenvalue weighted by Crippen LogP contribution is -2.50. The number of methoxy groups -OCH3 is 1. The highest BCUT2D eigenvalue weighted by atomic mass is 32.1. The van der Waals surface area contributed by atoms with Gasteiger partial charge in [-0.1, -0.05) is 22.9 Å². The third kappa shape index (κ3) is 4.10. The maximum atomic E-state index is 11.1. The topological polar surface area (TPSA) is 60.5 Å². The Bertz CT molecular complexity index is 712. The maximum Gasteiger partial charge on any atom is 0.330 e. The summed E-state index contributed by atoms with van der Waals surface area (Å²) in [4.78, 5) is 15.5. The zero-order valence-corrected chi connectivity index (χ0v) is 15.2. The minimum Gasteiger partial charge on any atom is -0.427 e. The first kappa shape index (κ1) is 17.9. The average molecular weight is 333 g/mol.